The van der Waals surface area contributed by atoms with E-state index < -0.39 is 29.2 Å². The molecule has 4 nitrogen and oxygen atoms in total. The lowest BCUT2D eigenvalue weighted by atomic mass is 9.81. The number of carboxylic acids is 1. The molecule has 6 heteroatoms. The molecule has 1 aliphatic rings. The number of benzene rings is 1. The van der Waals surface area contributed by atoms with E-state index in [-0.39, 0.29) is 12.2 Å². The van der Waals surface area contributed by atoms with Crippen LogP contribution in [0.3, 0.4) is 0 Å². The Bertz CT molecular complexity index is 495. The molecule has 0 aromatic heterocycles. The third kappa shape index (κ3) is 3.01. The number of carboxylic acid groups (broad SMARTS) is 1. The van der Waals surface area contributed by atoms with Gasteiger partial charge in [-0.25, -0.2) is 8.78 Å². The van der Waals surface area contributed by atoms with E-state index in [2.05, 4.69) is 0 Å². The number of hydrogen-bond acceptors (Lipinski definition) is 3. The van der Waals surface area contributed by atoms with Gasteiger partial charge in [0.2, 0.25) is 0 Å². The highest BCUT2D eigenvalue weighted by Crippen LogP contribution is 2.30. The van der Waals surface area contributed by atoms with Gasteiger partial charge in [-0.3, -0.25) is 4.79 Å². The second-order valence-electron chi connectivity index (χ2n) is 4.87. The monoisotopic (exact) mass is 271 g/mol. The van der Waals surface area contributed by atoms with Crippen LogP contribution in [-0.2, 0) is 4.79 Å². The maximum Gasteiger partial charge on any atom is 0.323 e. The first kappa shape index (κ1) is 13.7. The molecule has 0 spiro atoms. The lowest BCUT2D eigenvalue weighted by Crippen LogP contribution is -2.53. The van der Waals surface area contributed by atoms with E-state index in [0.29, 0.717) is 19.3 Å². The fourth-order valence-electron chi connectivity index (χ4n) is 2.30. The van der Waals surface area contributed by atoms with Gasteiger partial charge in [-0.05, 0) is 31.4 Å². The molecule has 0 heterocycles. The largest absolute Gasteiger partial charge is 0.487 e. The van der Waals surface area contributed by atoms with Crippen molar-refractivity contribution in [2.24, 2.45) is 5.73 Å². The number of nitrogens with two attached hydrogens (primary N) is 1. The molecule has 1 aromatic rings. The Balaban J connectivity index is 2.09. The molecule has 0 radical (unpaired) electrons. The fraction of sp³-hybridized carbons (Fsp3) is 0.462. The molecule has 3 N–H and O–H groups in total. The van der Waals surface area contributed by atoms with Gasteiger partial charge in [-0.15, -0.1) is 0 Å². The minimum absolute atomic E-state index is 0.0824. The number of halogens is 2. The quantitative estimate of drug-likeness (QED) is 0.882. The molecule has 19 heavy (non-hydrogen) atoms. The minimum Gasteiger partial charge on any atom is -0.487 e. The topological polar surface area (TPSA) is 72.6 Å². The predicted octanol–water partition coefficient (Wildman–Crippen LogP) is 2.07. The van der Waals surface area contributed by atoms with Crippen LogP contribution in [0.2, 0.25) is 0 Å². The van der Waals surface area contributed by atoms with E-state index in [1.165, 1.54) is 6.07 Å². The first-order valence-electron chi connectivity index (χ1n) is 6.05. The van der Waals surface area contributed by atoms with Gasteiger partial charge in [0.05, 0.1) is 0 Å². The normalized spacial score (nSPS) is 27.0. The molecule has 1 saturated carbocycles. The Morgan fingerprint density at radius 2 is 2.21 bits per heavy atom. The van der Waals surface area contributed by atoms with Crippen LogP contribution in [0.25, 0.3) is 0 Å². The second kappa shape index (κ2) is 5.13. The van der Waals surface area contributed by atoms with Crippen LogP contribution in [0.1, 0.15) is 25.7 Å². The van der Waals surface area contributed by atoms with Crippen LogP contribution in [-0.4, -0.2) is 22.7 Å². The number of rotatable bonds is 3. The Morgan fingerprint density at radius 3 is 2.84 bits per heavy atom. The van der Waals surface area contributed by atoms with Crippen molar-refractivity contribution in [3.63, 3.8) is 0 Å². The van der Waals surface area contributed by atoms with Crippen molar-refractivity contribution in [3.8, 4) is 5.75 Å². The molecular formula is C13H15F2NO3. The zero-order valence-electron chi connectivity index (χ0n) is 10.2. The van der Waals surface area contributed by atoms with E-state index >= 15 is 0 Å². The van der Waals surface area contributed by atoms with Gasteiger partial charge >= 0.3 is 5.97 Å². The van der Waals surface area contributed by atoms with E-state index in [1.54, 1.807) is 0 Å². The van der Waals surface area contributed by atoms with Crippen molar-refractivity contribution in [1.82, 2.24) is 0 Å². The van der Waals surface area contributed by atoms with Crippen LogP contribution in [0.4, 0.5) is 8.78 Å². The summed E-state index contributed by atoms with van der Waals surface area (Å²) < 4.78 is 31.6. The zero-order chi connectivity index (χ0) is 14.0. The van der Waals surface area contributed by atoms with Crippen LogP contribution in [0, 0.1) is 11.6 Å². The number of ether oxygens (including phenoxy) is 1. The Hall–Kier alpha value is -1.69. The van der Waals surface area contributed by atoms with E-state index in [1.807, 2.05) is 0 Å². The van der Waals surface area contributed by atoms with Gasteiger partial charge in [-0.1, -0.05) is 0 Å². The van der Waals surface area contributed by atoms with Crippen LogP contribution >= 0.6 is 0 Å². The van der Waals surface area contributed by atoms with Gasteiger partial charge < -0.3 is 15.6 Å². The van der Waals surface area contributed by atoms with Crippen molar-refractivity contribution in [1.29, 1.82) is 0 Å². The first-order chi connectivity index (χ1) is 8.90. The standard InChI is InChI=1S/C13H15F2NO3/c14-8-3-4-11(10(15)6-8)19-9-2-1-5-13(16,7-9)12(17)18/h3-4,6,9H,1-2,5,7,16H2,(H,17,18). The average Bonchev–Trinajstić information content (AvgIpc) is 2.33. The van der Waals surface area contributed by atoms with Crippen LogP contribution < -0.4 is 10.5 Å². The number of aliphatic carboxylic acids is 1. The molecule has 1 aliphatic carbocycles. The van der Waals surface area contributed by atoms with Crippen molar-refractivity contribution in [3.05, 3.63) is 29.8 Å². The maximum absolute atomic E-state index is 13.4. The summed E-state index contributed by atoms with van der Waals surface area (Å²) in [6, 6.07) is 3.01. The summed E-state index contributed by atoms with van der Waals surface area (Å²) in [4.78, 5) is 11.1. The molecule has 104 valence electrons. The fourth-order valence-corrected chi connectivity index (χ4v) is 2.30. The SMILES string of the molecule is NC1(C(=O)O)CCCC(Oc2ccc(F)cc2F)C1. The summed E-state index contributed by atoms with van der Waals surface area (Å²) in [5.74, 6) is -2.66. The van der Waals surface area contributed by atoms with Crippen molar-refractivity contribution in [2.45, 2.75) is 37.3 Å². The lowest BCUT2D eigenvalue weighted by Gasteiger charge is -2.34. The highest BCUT2D eigenvalue weighted by atomic mass is 19.1. The number of carbonyl (C=O) groups is 1. The van der Waals surface area contributed by atoms with Gasteiger partial charge in [0.15, 0.2) is 11.6 Å². The first-order valence-corrected chi connectivity index (χ1v) is 6.05. The molecule has 1 fully saturated rings. The van der Waals surface area contributed by atoms with E-state index in [4.69, 9.17) is 15.6 Å². The van der Waals surface area contributed by atoms with Crippen molar-refractivity contribution < 1.29 is 23.4 Å². The van der Waals surface area contributed by atoms with Gasteiger partial charge in [-0.2, -0.15) is 0 Å². The van der Waals surface area contributed by atoms with Crippen LogP contribution in [0.5, 0.6) is 5.75 Å². The van der Waals surface area contributed by atoms with Crippen LogP contribution in [0.15, 0.2) is 18.2 Å². The van der Waals surface area contributed by atoms with Crippen molar-refractivity contribution in [2.75, 3.05) is 0 Å². The van der Waals surface area contributed by atoms with Gasteiger partial charge in [0, 0.05) is 12.5 Å². The summed E-state index contributed by atoms with van der Waals surface area (Å²) in [7, 11) is 0. The summed E-state index contributed by atoms with van der Waals surface area (Å²) >= 11 is 0. The highest BCUT2D eigenvalue weighted by molar-refractivity contribution is 5.78. The van der Waals surface area contributed by atoms with Gasteiger partial charge in [0.1, 0.15) is 17.5 Å². The Kier molecular flexibility index (Phi) is 3.71. The van der Waals surface area contributed by atoms with Gasteiger partial charge in [0.25, 0.3) is 0 Å². The highest BCUT2D eigenvalue weighted by Gasteiger charge is 2.40. The molecule has 2 rings (SSSR count). The molecule has 0 bridgehead atoms. The molecule has 0 aliphatic heterocycles. The second-order valence-corrected chi connectivity index (χ2v) is 4.87. The van der Waals surface area contributed by atoms with E-state index in [0.717, 1.165) is 12.1 Å². The zero-order valence-corrected chi connectivity index (χ0v) is 10.2. The third-order valence-corrected chi connectivity index (χ3v) is 3.35. The van der Waals surface area contributed by atoms with E-state index in [9.17, 15) is 13.6 Å². The average molecular weight is 271 g/mol. The summed E-state index contributed by atoms with van der Waals surface area (Å²) in [6.45, 7) is 0. The lowest BCUT2D eigenvalue weighted by molar-refractivity contribution is -0.145. The Morgan fingerprint density at radius 1 is 1.47 bits per heavy atom. The molecule has 2 atom stereocenters. The number of hydrogen-bond donors (Lipinski definition) is 2. The summed E-state index contributed by atoms with van der Waals surface area (Å²) in [6.07, 6.45) is 1.20. The maximum atomic E-state index is 13.4. The molecule has 2 unspecified atom stereocenters. The Labute approximate surface area is 109 Å². The molecule has 0 amide bonds. The predicted molar refractivity (Wildman–Crippen MR) is 63.8 cm³/mol. The molecule has 1 aromatic carbocycles. The van der Waals surface area contributed by atoms with Crippen molar-refractivity contribution >= 4 is 5.97 Å². The molecular weight excluding hydrogens is 256 g/mol. The summed E-state index contributed by atoms with van der Waals surface area (Å²) in [5, 5.41) is 9.07. The smallest absolute Gasteiger partial charge is 0.323 e. The minimum atomic E-state index is -1.33. The third-order valence-electron chi connectivity index (χ3n) is 3.35. The summed E-state index contributed by atoms with van der Waals surface area (Å²) in [5.41, 5.74) is 4.44. The molecule has 0 saturated heterocycles.